The molecule has 98 valence electrons. The molecule has 1 aliphatic rings. The summed E-state index contributed by atoms with van der Waals surface area (Å²) in [7, 11) is 0. The second-order valence-electron chi connectivity index (χ2n) is 4.97. The van der Waals surface area contributed by atoms with Crippen LogP contribution in [0.4, 0.5) is 10.1 Å². The highest BCUT2D eigenvalue weighted by molar-refractivity contribution is 5.58. The molecule has 2 nitrogen and oxygen atoms in total. The van der Waals surface area contributed by atoms with Crippen molar-refractivity contribution in [1.82, 2.24) is 0 Å². The van der Waals surface area contributed by atoms with Crippen LogP contribution in [0, 0.1) is 5.82 Å². The van der Waals surface area contributed by atoms with E-state index in [1.54, 1.807) is 13.0 Å². The first-order chi connectivity index (χ1) is 9.16. The fraction of sp³-hybridized carbons (Fsp3) is 0.250. The molecule has 3 heteroatoms. The maximum Gasteiger partial charge on any atom is 0.131 e. The number of nitrogens with zero attached hydrogens (tertiary/aromatic N) is 1. The summed E-state index contributed by atoms with van der Waals surface area (Å²) in [4.78, 5) is 2.11. The van der Waals surface area contributed by atoms with Gasteiger partial charge in [0, 0.05) is 24.3 Å². The second-order valence-corrected chi connectivity index (χ2v) is 4.97. The molecule has 0 aromatic heterocycles. The zero-order valence-electron chi connectivity index (χ0n) is 10.8. The summed E-state index contributed by atoms with van der Waals surface area (Å²) in [6, 6.07) is 13.2. The highest BCUT2D eigenvalue weighted by Gasteiger charge is 2.23. The average molecular weight is 257 g/mol. The Bertz CT molecular complexity index is 584. The minimum Gasteiger partial charge on any atom is -0.389 e. The molecule has 0 saturated carbocycles. The van der Waals surface area contributed by atoms with E-state index in [-0.39, 0.29) is 5.82 Å². The van der Waals surface area contributed by atoms with Crippen molar-refractivity contribution < 1.29 is 9.50 Å². The summed E-state index contributed by atoms with van der Waals surface area (Å²) in [5, 5.41) is 9.80. The maximum atomic E-state index is 13.9. The maximum absolute atomic E-state index is 13.9. The molecular formula is C16H16FNO. The summed E-state index contributed by atoms with van der Waals surface area (Å²) in [5.74, 6) is -0.344. The number of benzene rings is 2. The van der Waals surface area contributed by atoms with Gasteiger partial charge in [-0.25, -0.2) is 4.39 Å². The van der Waals surface area contributed by atoms with Crippen LogP contribution in [0.2, 0.25) is 0 Å². The highest BCUT2D eigenvalue weighted by Crippen LogP contribution is 2.34. The molecule has 1 aliphatic heterocycles. The molecule has 0 unspecified atom stereocenters. The molecular weight excluding hydrogens is 241 g/mol. The summed E-state index contributed by atoms with van der Waals surface area (Å²) < 4.78 is 13.9. The number of hydrogen-bond donors (Lipinski definition) is 1. The Balaban J connectivity index is 2.00. The second kappa shape index (κ2) is 4.67. The molecule has 1 heterocycles. The van der Waals surface area contributed by atoms with Gasteiger partial charge in [0.05, 0.1) is 6.10 Å². The van der Waals surface area contributed by atoms with Gasteiger partial charge in [0.2, 0.25) is 0 Å². The fourth-order valence-corrected chi connectivity index (χ4v) is 2.72. The average Bonchev–Trinajstić information content (AvgIpc) is 2.81. The van der Waals surface area contributed by atoms with E-state index in [2.05, 4.69) is 17.0 Å². The van der Waals surface area contributed by atoms with E-state index >= 15 is 0 Å². The monoisotopic (exact) mass is 257 g/mol. The molecule has 1 atom stereocenters. The van der Waals surface area contributed by atoms with Crippen LogP contribution in [-0.4, -0.2) is 5.11 Å². The van der Waals surface area contributed by atoms with E-state index in [1.165, 1.54) is 17.2 Å². The molecule has 0 aliphatic carbocycles. The van der Waals surface area contributed by atoms with Gasteiger partial charge in [-0.05, 0) is 30.2 Å². The molecule has 3 rings (SSSR count). The van der Waals surface area contributed by atoms with E-state index in [1.807, 2.05) is 18.2 Å². The molecule has 0 fully saturated rings. The largest absolute Gasteiger partial charge is 0.389 e. The topological polar surface area (TPSA) is 23.5 Å². The molecule has 19 heavy (non-hydrogen) atoms. The number of rotatable bonds is 2. The first-order valence-electron chi connectivity index (χ1n) is 6.45. The van der Waals surface area contributed by atoms with Crippen LogP contribution >= 0.6 is 0 Å². The van der Waals surface area contributed by atoms with Crippen LogP contribution in [0.25, 0.3) is 0 Å². The van der Waals surface area contributed by atoms with Gasteiger partial charge in [-0.2, -0.15) is 0 Å². The third kappa shape index (κ3) is 2.10. The molecule has 0 spiro atoms. The first-order valence-corrected chi connectivity index (χ1v) is 6.45. The van der Waals surface area contributed by atoms with E-state index < -0.39 is 6.10 Å². The normalized spacial score (nSPS) is 15.4. The van der Waals surface area contributed by atoms with Crippen molar-refractivity contribution in [3.05, 3.63) is 65.0 Å². The third-order valence-electron chi connectivity index (χ3n) is 3.63. The Hall–Kier alpha value is -1.87. The summed E-state index contributed by atoms with van der Waals surface area (Å²) in [6.45, 7) is 3.13. The van der Waals surface area contributed by atoms with Crippen molar-refractivity contribution in [3.8, 4) is 0 Å². The van der Waals surface area contributed by atoms with Gasteiger partial charge in [0.1, 0.15) is 5.82 Å². The number of aliphatic hydroxyl groups is 1. The number of hydrogen-bond acceptors (Lipinski definition) is 2. The highest BCUT2D eigenvalue weighted by atomic mass is 19.1. The van der Waals surface area contributed by atoms with Crippen LogP contribution in [0.15, 0.2) is 42.5 Å². The molecule has 0 amide bonds. The Morgan fingerprint density at radius 2 is 1.68 bits per heavy atom. The van der Waals surface area contributed by atoms with Gasteiger partial charge in [0.25, 0.3) is 0 Å². The Morgan fingerprint density at radius 3 is 2.26 bits per heavy atom. The van der Waals surface area contributed by atoms with E-state index in [0.29, 0.717) is 5.56 Å². The van der Waals surface area contributed by atoms with Crippen LogP contribution in [0.5, 0.6) is 0 Å². The number of halogens is 1. The van der Waals surface area contributed by atoms with Gasteiger partial charge in [-0.15, -0.1) is 0 Å². The first kappa shape index (κ1) is 12.2. The molecule has 2 aromatic carbocycles. The van der Waals surface area contributed by atoms with Crippen molar-refractivity contribution in [3.63, 3.8) is 0 Å². The zero-order chi connectivity index (χ0) is 13.4. The minimum absolute atomic E-state index is 0.344. The lowest BCUT2D eigenvalue weighted by molar-refractivity contribution is 0.194. The van der Waals surface area contributed by atoms with Crippen LogP contribution in [-0.2, 0) is 13.1 Å². The number of anilines is 1. The summed E-state index contributed by atoms with van der Waals surface area (Å²) >= 11 is 0. The number of fused-ring (bicyclic) bond motifs is 1. The van der Waals surface area contributed by atoms with Gasteiger partial charge in [-0.1, -0.05) is 30.3 Å². The van der Waals surface area contributed by atoms with Crippen molar-refractivity contribution in [2.75, 3.05) is 4.90 Å². The third-order valence-corrected chi connectivity index (χ3v) is 3.63. The van der Waals surface area contributed by atoms with Crippen LogP contribution in [0.1, 0.15) is 29.7 Å². The Kier molecular flexibility index (Phi) is 2.99. The molecule has 0 saturated heterocycles. The standard InChI is InChI=1S/C16H16FNO/c1-11(19)16-14(17)7-4-8-15(16)18-9-12-5-2-3-6-13(12)10-18/h2-8,11,19H,9-10H2,1H3/t11-/m1/s1. The molecule has 0 radical (unpaired) electrons. The van der Waals surface area contributed by atoms with Crippen molar-refractivity contribution in [2.24, 2.45) is 0 Å². The fourth-order valence-electron chi connectivity index (χ4n) is 2.72. The Morgan fingerprint density at radius 1 is 1.05 bits per heavy atom. The molecule has 2 aromatic rings. The van der Waals surface area contributed by atoms with Gasteiger partial charge in [-0.3, -0.25) is 0 Å². The molecule has 1 N–H and O–H groups in total. The van der Waals surface area contributed by atoms with E-state index in [9.17, 15) is 9.50 Å². The van der Waals surface area contributed by atoms with Gasteiger partial charge in [0.15, 0.2) is 0 Å². The van der Waals surface area contributed by atoms with Crippen molar-refractivity contribution in [2.45, 2.75) is 26.1 Å². The summed E-state index contributed by atoms with van der Waals surface area (Å²) in [6.07, 6.45) is -0.806. The van der Waals surface area contributed by atoms with Crippen LogP contribution in [0.3, 0.4) is 0 Å². The quantitative estimate of drug-likeness (QED) is 0.891. The predicted octanol–water partition coefficient (Wildman–Crippen LogP) is 3.40. The number of aliphatic hydroxyl groups excluding tert-OH is 1. The van der Waals surface area contributed by atoms with Crippen molar-refractivity contribution >= 4 is 5.69 Å². The SMILES string of the molecule is C[C@@H](O)c1c(F)cccc1N1Cc2ccccc2C1. The van der Waals surface area contributed by atoms with Crippen molar-refractivity contribution in [1.29, 1.82) is 0 Å². The summed E-state index contributed by atoms with van der Waals surface area (Å²) in [5.41, 5.74) is 3.70. The Labute approximate surface area is 112 Å². The van der Waals surface area contributed by atoms with Crippen LogP contribution < -0.4 is 4.90 Å². The molecule has 0 bridgehead atoms. The predicted molar refractivity (Wildman–Crippen MR) is 73.4 cm³/mol. The lowest BCUT2D eigenvalue weighted by Crippen LogP contribution is -2.18. The smallest absolute Gasteiger partial charge is 0.131 e. The minimum atomic E-state index is -0.806. The van der Waals surface area contributed by atoms with E-state index in [0.717, 1.165) is 18.8 Å². The van der Waals surface area contributed by atoms with Gasteiger partial charge >= 0.3 is 0 Å². The van der Waals surface area contributed by atoms with Gasteiger partial charge < -0.3 is 10.0 Å². The zero-order valence-corrected chi connectivity index (χ0v) is 10.8. The lowest BCUT2D eigenvalue weighted by atomic mass is 10.1. The lowest BCUT2D eigenvalue weighted by Gasteiger charge is -2.23. The van der Waals surface area contributed by atoms with E-state index in [4.69, 9.17) is 0 Å².